The molecule has 5 nitrogen and oxygen atoms in total. The van der Waals surface area contributed by atoms with E-state index in [0.29, 0.717) is 12.3 Å². The molecule has 2 aliphatic rings. The van der Waals surface area contributed by atoms with Crippen molar-refractivity contribution in [3.05, 3.63) is 84.1 Å². The smallest absolute Gasteiger partial charge is 0.230 e. The third kappa shape index (κ3) is 3.20. The van der Waals surface area contributed by atoms with Gasteiger partial charge in [0.05, 0.1) is 6.42 Å². The molecule has 1 amide bonds. The van der Waals surface area contributed by atoms with Gasteiger partial charge in [0, 0.05) is 13.1 Å². The maximum Gasteiger partial charge on any atom is 0.230 e. The quantitative estimate of drug-likeness (QED) is 0.854. The van der Waals surface area contributed by atoms with Crippen LogP contribution in [0, 0.1) is 0 Å². The van der Waals surface area contributed by atoms with E-state index in [-0.39, 0.29) is 24.2 Å². The number of carbonyl (C=O) groups excluding carboxylic acids is 1. The van der Waals surface area contributed by atoms with Crippen molar-refractivity contribution in [2.75, 3.05) is 0 Å². The SMILES string of the molecule is CC(=O)N1C=CC2OC(Cc3ccccc3)=NOC2C1c1ccccc1. The van der Waals surface area contributed by atoms with Crippen LogP contribution in [0.4, 0.5) is 0 Å². The number of hydrogen-bond acceptors (Lipinski definition) is 4. The molecule has 0 aliphatic carbocycles. The highest BCUT2D eigenvalue weighted by atomic mass is 16.7. The lowest BCUT2D eigenvalue weighted by Gasteiger charge is -2.41. The molecule has 0 spiro atoms. The Balaban J connectivity index is 1.60. The zero-order chi connectivity index (χ0) is 17.9. The molecule has 3 atom stereocenters. The summed E-state index contributed by atoms with van der Waals surface area (Å²) >= 11 is 0. The molecule has 0 aromatic heterocycles. The lowest BCUT2D eigenvalue weighted by atomic mass is 9.93. The van der Waals surface area contributed by atoms with Crippen molar-refractivity contribution in [1.82, 2.24) is 4.90 Å². The molecule has 132 valence electrons. The highest BCUT2D eigenvalue weighted by Crippen LogP contribution is 2.35. The zero-order valence-corrected chi connectivity index (χ0v) is 14.5. The van der Waals surface area contributed by atoms with Crippen molar-refractivity contribution in [2.24, 2.45) is 5.16 Å². The first-order valence-electron chi connectivity index (χ1n) is 8.68. The molecular weight excluding hydrogens is 328 g/mol. The third-order valence-corrected chi connectivity index (χ3v) is 4.62. The Morgan fingerprint density at radius 1 is 1.08 bits per heavy atom. The fourth-order valence-corrected chi connectivity index (χ4v) is 3.39. The highest BCUT2D eigenvalue weighted by Gasteiger charge is 2.43. The van der Waals surface area contributed by atoms with Crippen LogP contribution in [0.1, 0.15) is 24.1 Å². The molecule has 0 saturated heterocycles. The van der Waals surface area contributed by atoms with Crippen molar-refractivity contribution < 1.29 is 14.4 Å². The van der Waals surface area contributed by atoms with Gasteiger partial charge in [-0.2, -0.15) is 0 Å². The van der Waals surface area contributed by atoms with Gasteiger partial charge in [-0.3, -0.25) is 4.79 Å². The molecule has 0 radical (unpaired) electrons. The van der Waals surface area contributed by atoms with Gasteiger partial charge in [-0.1, -0.05) is 65.8 Å². The Bertz CT molecular complexity index is 833. The second-order valence-corrected chi connectivity index (χ2v) is 6.42. The number of nitrogens with zero attached hydrogens (tertiary/aromatic N) is 2. The number of amides is 1. The highest BCUT2D eigenvalue weighted by molar-refractivity contribution is 5.79. The van der Waals surface area contributed by atoms with Crippen LogP contribution < -0.4 is 0 Å². The molecule has 2 aromatic carbocycles. The maximum absolute atomic E-state index is 12.1. The largest absolute Gasteiger partial charge is 0.467 e. The summed E-state index contributed by atoms with van der Waals surface area (Å²) in [6, 6.07) is 19.6. The monoisotopic (exact) mass is 348 g/mol. The van der Waals surface area contributed by atoms with E-state index in [1.807, 2.05) is 66.7 Å². The van der Waals surface area contributed by atoms with Crippen LogP contribution in [0.25, 0.3) is 0 Å². The van der Waals surface area contributed by atoms with Crippen LogP contribution in [0.5, 0.6) is 0 Å². The molecule has 0 fully saturated rings. The number of benzene rings is 2. The molecule has 26 heavy (non-hydrogen) atoms. The Labute approximate surface area is 152 Å². The molecule has 2 aromatic rings. The van der Waals surface area contributed by atoms with Gasteiger partial charge in [-0.25, -0.2) is 0 Å². The normalized spacial score (nSPS) is 24.1. The van der Waals surface area contributed by atoms with Gasteiger partial charge in [-0.15, -0.1) is 0 Å². The van der Waals surface area contributed by atoms with Crippen molar-refractivity contribution in [3.8, 4) is 0 Å². The van der Waals surface area contributed by atoms with Crippen LogP contribution in [-0.2, 0) is 20.8 Å². The summed E-state index contributed by atoms with van der Waals surface area (Å²) in [6.07, 6.45) is 3.56. The van der Waals surface area contributed by atoms with Crippen molar-refractivity contribution in [1.29, 1.82) is 0 Å². The number of rotatable bonds is 3. The number of hydrogen-bond donors (Lipinski definition) is 0. The summed E-state index contributed by atoms with van der Waals surface area (Å²) in [4.78, 5) is 19.6. The number of carbonyl (C=O) groups is 1. The molecule has 3 unspecified atom stereocenters. The first-order chi connectivity index (χ1) is 12.7. The van der Waals surface area contributed by atoms with E-state index in [4.69, 9.17) is 9.57 Å². The summed E-state index contributed by atoms with van der Waals surface area (Å²) in [5, 5.41) is 4.20. The minimum Gasteiger partial charge on any atom is -0.467 e. The van der Waals surface area contributed by atoms with Gasteiger partial charge in [0.25, 0.3) is 0 Å². The van der Waals surface area contributed by atoms with Crippen LogP contribution in [0.15, 0.2) is 78.1 Å². The maximum atomic E-state index is 12.1. The Morgan fingerprint density at radius 3 is 2.46 bits per heavy atom. The first-order valence-corrected chi connectivity index (χ1v) is 8.68. The minimum atomic E-state index is -0.383. The number of fused-ring (bicyclic) bond motifs is 1. The standard InChI is InChI=1S/C21H20N2O3/c1-15(24)23-13-12-18-21(20(23)17-10-6-3-7-11-17)26-22-19(25-18)14-16-8-4-2-5-9-16/h2-13,18,20-21H,14H2,1H3. The number of oxime groups is 1. The molecule has 2 aliphatic heterocycles. The second kappa shape index (κ2) is 7.04. The fraction of sp³-hybridized carbons (Fsp3) is 0.238. The summed E-state index contributed by atoms with van der Waals surface area (Å²) in [5.41, 5.74) is 2.10. The van der Waals surface area contributed by atoms with Gasteiger partial charge < -0.3 is 14.5 Å². The lowest BCUT2D eigenvalue weighted by molar-refractivity contribution is -0.138. The van der Waals surface area contributed by atoms with Crippen LogP contribution in [-0.4, -0.2) is 28.9 Å². The van der Waals surface area contributed by atoms with Crippen LogP contribution in [0.2, 0.25) is 0 Å². The number of ether oxygens (including phenoxy) is 1. The van der Waals surface area contributed by atoms with Gasteiger partial charge in [-0.05, 0) is 17.2 Å². The minimum absolute atomic E-state index is 0.0452. The van der Waals surface area contributed by atoms with Gasteiger partial charge in [0.15, 0.2) is 12.2 Å². The molecular formula is C21H20N2O3. The topological polar surface area (TPSA) is 51.1 Å². The third-order valence-electron chi connectivity index (χ3n) is 4.62. The first kappa shape index (κ1) is 16.4. The average molecular weight is 348 g/mol. The summed E-state index contributed by atoms with van der Waals surface area (Å²) in [5.74, 6) is 0.501. The van der Waals surface area contributed by atoms with E-state index in [2.05, 4.69) is 5.16 Å². The molecule has 0 saturated carbocycles. The van der Waals surface area contributed by atoms with Crippen LogP contribution in [0.3, 0.4) is 0 Å². The Kier molecular flexibility index (Phi) is 4.44. The van der Waals surface area contributed by atoms with Crippen molar-refractivity contribution in [3.63, 3.8) is 0 Å². The van der Waals surface area contributed by atoms with Gasteiger partial charge >= 0.3 is 0 Å². The van der Waals surface area contributed by atoms with Gasteiger partial charge in [0.2, 0.25) is 11.8 Å². The second-order valence-electron chi connectivity index (χ2n) is 6.42. The molecule has 5 heteroatoms. The average Bonchev–Trinajstić information content (AvgIpc) is 2.68. The Morgan fingerprint density at radius 2 is 1.77 bits per heavy atom. The van der Waals surface area contributed by atoms with E-state index < -0.39 is 0 Å². The summed E-state index contributed by atoms with van der Waals surface area (Å²) < 4.78 is 6.07. The predicted octanol–water partition coefficient (Wildman–Crippen LogP) is 3.44. The molecule has 0 bridgehead atoms. The van der Waals surface area contributed by atoms with E-state index in [0.717, 1.165) is 11.1 Å². The van der Waals surface area contributed by atoms with Crippen LogP contribution >= 0.6 is 0 Å². The predicted molar refractivity (Wildman–Crippen MR) is 98.2 cm³/mol. The van der Waals surface area contributed by atoms with E-state index in [9.17, 15) is 4.79 Å². The van der Waals surface area contributed by atoms with Gasteiger partial charge in [0.1, 0.15) is 6.04 Å². The summed E-state index contributed by atoms with van der Waals surface area (Å²) in [6.45, 7) is 1.55. The molecule has 2 heterocycles. The molecule has 4 rings (SSSR count). The van der Waals surface area contributed by atoms with E-state index in [1.54, 1.807) is 18.0 Å². The van der Waals surface area contributed by atoms with Crippen molar-refractivity contribution in [2.45, 2.75) is 31.6 Å². The van der Waals surface area contributed by atoms with E-state index >= 15 is 0 Å². The fourth-order valence-electron chi connectivity index (χ4n) is 3.39. The molecule has 0 N–H and O–H groups in total. The lowest BCUT2D eigenvalue weighted by Crippen LogP contribution is -2.49. The Hall–Kier alpha value is -3.08. The van der Waals surface area contributed by atoms with Crippen molar-refractivity contribution >= 4 is 11.8 Å². The zero-order valence-electron chi connectivity index (χ0n) is 14.5. The van der Waals surface area contributed by atoms with E-state index in [1.165, 1.54) is 0 Å². The summed E-state index contributed by atoms with van der Waals surface area (Å²) in [7, 11) is 0.